The smallest absolute Gasteiger partial charge is 0.172 e. The topological polar surface area (TPSA) is 62.5 Å². The van der Waals surface area contributed by atoms with Crippen LogP contribution in [0.1, 0.15) is 5.56 Å². The number of halogens is 1. The average Bonchev–Trinajstić information content (AvgIpc) is 2.87. The summed E-state index contributed by atoms with van der Waals surface area (Å²) in [6, 6.07) is 10.1. The molecule has 0 atom stereocenters. The molecule has 1 aromatic carbocycles. The molecule has 0 unspecified atom stereocenters. The molecular weight excluding hydrogens is 332 g/mol. The molecule has 0 saturated carbocycles. The highest BCUT2D eigenvalue weighted by Crippen LogP contribution is 2.27. The van der Waals surface area contributed by atoms with E-state index in [9.17, 15) is 0 Å². The van der Waals surface area contributed by atoms with Gasteiger partial charge in [-0.3, -0.25) is 0 Å². The lowest BCUT2D eigenvalue weighted by atomic mass is 10.1. The molecule has 6 heteroatoms. The van der Waals surface area contributed by atoms with Crippen molar-refractivity contribution in [3.8, 4) is 11.3 Å². The number of anilines is 1. The number of hydrogen-bond donors (Lipinski definition) is 2. The van der Waals surface area contributed by atoms with Crippen LogP contribution in [0.5, 0.6) is 0 Å². The number of rotatable bonds is 4. The second-order valence-corrected chi connectivity index (χ2v) is 5.57. The maximum atomic E-state index is 9.02. The number of fused-ring (bicyclic) bond motifs is 1. The Hall–Kier alpha value is -1.92. The summed E-state index contributed by atoms with van der Waals surface area (Å²) in [7, 11) is 0. The summed E-state index contributed by atoms with van der Waals surface area (Å²) in [5.41, 5.74) is 3.87. The Morgan fingerprint density at radius 1 is 1.33 bits per heavy atom. The van der Waals surface area contributed by atoms with Gasteiger partial charge in [-0.25, -0.2) is 4.98 Å². The molecular formula is C15H15BrN4O. The van der Waals surface area contributed by atoms with Gasteiger partial charge in [0.1, 0.15) is 5.82 Å². The Bertz CT molecular complexity index is 784. The molecule has 0 amide bonds. The predicted molar refractivity (Wildman–Crippen MR) is 86.4 cm³/mol. The van der Waals surface area contributed by atoms with E-state index in [-0.39, 0.29) is 6.61 Å². The van der Waals surface area contributed by atoms with Gasteiger partial charge in [-0.15, -0.1) is 0 Å². The third kappa shape index (κ3) is 2.64. The Labute approximate surface area is 130 Å². The number of benzene rings is 1. The maximum Gasteiger partial charge on any atom is 0.172 e. The van der Waals surface area contributed by atoms with Crippen LogP contribution in [-0.4, -0.2) is 32.9 Å². The minimum atomic E-state index is 0.0615. The number of nitrogens with one attached hydrogen (secondary N) is 1. The fraction of sp³-hybridized carbons (Fsp3) is 0.200. The van der Waals surface area contributed by atoms with Crippen LogP contribution in [0.4, 0.5) is 5.82 Å². The van der Waals surface area contributed by atoms with Gasteiger partial charge in [-0.1, -0.05) is 24.3 Å². The molecule has 108 valence electrons. The van der Waals surface area contributed by atoms with Gasteiger partial charge in [-0.2, -0.15) is 9.61 Å². The molecule has 0 aliphatic rings. The van der Waals surface area contributed by atoms with Gasteiger partial charge in [0.25, 0.3) is 0 Å². The standard InChI is InChI=1S/C15H15BrN4O/c1-10-4-2-3-5-11(10)13-8-14(17-6-7-21)20-15(19-13)12(16)9-18-20/h2-5,8-9,17,21H,6-7H2,1H3. The summed E-state index contributed by atoms with van der Waals surface area (Å²) in [6.07, 6.45) is 1.72. The summed E-state index contributed by atoms with van der Waals surface area (Å²) >= 11 is 3.47. The van der Waals surface area contributed by atoms with E-state index in [2.05, 4.69) is 44.3 Å². The van der Waals surface area contributed by atoms with E-state index in [4.69, 9.17) is 5.11 Å². The van der Waals surface area contributed by atoms with E-state index in [1.807, 2.05) is 24.3 Å². The molecule has 0 saturated heterocycles. The fourth-order valence-corrected chi connectivity index (χ4v) is 2.59. The molecule has 2 aromatic heterocycles. The summed E-state index contributed by atoms with van der Waals surface area (Å²) in [6.45, 7) is 2.59. The Balaban J connectivity index is 2.19. The van der Waals surface area contributed by atoms with Gasteiger partial charge in [0.05, 0.1) is 23.0 Å². The third-order valence-corrected chi connectivity index (χ3v) is 3.83. The molecule has 0 aliphatic carbocycles. The van der Waals surface area contributed by atoms with Crippen LogP contribution >= 0.6 is 15.9 Å². The van der Waals surface area contributed by atoms with E-state index >= 15 is 0 Å². The molecule has 0 fully saturated rings. The number of nitrogens with zero attached hydrogens (tertiary/aromatic N) is 3. The van der Waals surface area contributed by atoms with Crippen molar-refractivity contribution in [3.05, 3.63) is 46.6 Å². The van der Waals surface area contributed by atoms with E-state index in [1.165, 1.54) is 0 Å². The highest BCUT2D eigenvalue weighted by molar-refractivity contribution is 9.10. The highest BCUT2D eigenvalue weighted by Gasteiger charge is 2.12. The number of aromatic nitrogens is 3. The second kappa shape index (κ2) is 5.83. The zero-order valence-corrected chi connectivity index (χ0v) is 13.1. The molecule has 2 N–H and O–H groups in total. The molecule has 0 spiro atoms. The molecule has 0 bridgehead atoms. The van der Waals surface area contributed by atoms with Crippen molar-refractivity contribution in [1.29, 1.82) is 0 Å². The van der Waals surface area contributed by atoms with E-state index in [0.717, 1.165) is 32.8 Å². The molecule has 0 radical (unpaired) electrons. The lowest BCUT2D eigenvalue weighted by molar-refractivity contribution is 0.311. The summed E-state index contributed by atoms with van der Waals surface area (Å²) < 4.78 is 2.56. The molecule has 0 aliphatic heterocycles. The quantitative estimate of drug-likeness (QED) is 0.762. The molecule has 2 heterocycles. The number of aliphatic hydroxyl groups is 1. The zero-order valence-electron chi connectivity index (χ0n) is 11.5. The first-order valence-corrected chi connectivity index (χ1v) is 7.45. The largest absolute Gasteiger partial charge is 0.395 e. The number of hydrogen-bond acceptors (Lipinski definition) is 4. The van der Waals surface area contributed by atoms with E-state index in [0.29, 0.717) is 6.54 Å². The predicted octanol–water partition coefficient (Wildman–Crippen LogP) is 2.87. The first-order valence-electron chi connectivity index (χ1n) is 6.65. The van der Waals surface area contributed by atoms with E-state index < -0.39 is 0 Å². The first-order chi connectivity index (χ1) is 10.2. The minimum Gasteiger partial charge on any atom is -0.395 e. The van der Waals surface area contributed by atoms with Crippen molar-refractivity contribution >= 4 is 27.4 Å². The maximum absolute atomic E-state index is 9.02. The minimum absolute atomic E-state index is 0.0615. The van der Waals surface area contributed by atoms with Crippen molar-refractivity contribution < 1.29 is 5.11 Å². The van der Waals surface area contributed by atoms with Gasteiger partial charge in [0.2, 0.25) is 0 Å². The third-order valence-electron chi connectivity index (χ3n) is 3.27. The summed E-state index contributed by atoms with van der Waals surface area (Å²) in [5, 5.41) is 16.5. The average molecular weight is 347 g/mol. The Morgan fingerprint density at radius 2 is 2.14 bits per heavy atom. The lowest BCUT2D eigenvalue weighted by Gasteiger charge is -2.11. The van der Waals surface area contributed by atoms with Gasteiger partial charge >= 0.3 is 0 Å². The zero-order chi connectivity index (χ0) is 14.8. The molecule has 3 rings (SSSR count). The van der Waals surface area contributed by atoms with Crippen LogP contribution in [0.25, 0.3) is 16.9 Å². The highest BCUT2D eigenvalue weighted by atomic mass is 79.9. The lowest BCUT2D eigenvalue weighted by Crippen LogP contribution is -2.10. The first kappa shape index (κ1) is 14.0. The van der Waals surface area contributed by atoms with Gasteiger partial charge in [0, 0.05) is 18.2 Å². The van der Waals surface area contributed by atoms with Crippen LogP contribution in [0.3, 0.4) is 0 Å². The SMILES string of the molecule is Cc1ccccc1-c1cc(NCCO)n2ncc(Br)c2n1. The summed E-state index contributed by atoms with van der Waals surface area (Å²) in [4.78, 5) is 4.69. The molecule has 21 heavy (non-hydrogen) atoms. The molecule has 3 aromatic rings. The van der Waals surface area contributed by atoms with Crippen LogP contribution in [0.15, 0.2) is 41.0 Å². The number of aliphatic hydroxyl groups excluding tert-OH is 1. The van der Waals surface area contributed by atoms with Crippen molar-refractivity contribution in [2.75, 3.05) is 18.5 Å². The van der Waals surface area contributed by atoms with Crippen molar-refractivity contribution in [2.45, 2.75) is 6.92 Å². The molecule has 5 nitrogen and oxygen atoms in total. The monoisotopic (exact) mass is 346 g/mol. The van der Waals surface area contributed by atoms with E-state index in [1.54, 1.807) is 10.7 Å². The summed E-state index contributed by atoms with van der Waals surface area (Å²) in [5.74, 6) is 0.804. The normalized spacial score (nSPS) is 11.0. The second-order valence-electron chi connectivity index (χ2n) is 4.72. The Morgan fingerprint density at radius 3 is 2.90 bits per heavy atom. The Kier molecular flexibility index (Phi) is 3.90. The van der Waals surface area contributed by atoms with Crippen molar-refractivity contribution in [1.82, 2.24) is 14.6 Å². The van der Waals surface area contributed by atoms with Crippen molar-refractivity contribution in [2.24, 2.45) is 0 Å². The van der Waals surface area contributed by atoms with Gasteiger partial charge < -0.3 is 10.4 Å². The van der Waals surface area contributed by atoms with Crippen LogP contribution in [-0.2, 0) is 0 Å². The van der Waals surface area contributed by atoms with Crippen LogP contribution < -0.4 is 5.32 Å². The van der Waals surface area contributed by atoms with Crippen molar-refractivity contribution in [3.63, 3.8) is 0 Å². The van der Waals surface area contributed by atoms with Crippen LogP contribution in [0, 0.1) is 6.92 Å². The fourth-order valence-electron chi connectivity index (χ4n) is 2.24. The number of aryl methyl sites for hydroxylation is 1. The van der Waals surface area contributed by atoms with Crippen LogP contribution in [0.2, 0.25) is 0 Å². The van der Waals surface area contributed by atoms with Gasteiger partial charge in [0.15, 0.2) is 5.65 Å². The van der Waals surface area contributed by atoms with Gasteiger partial charge in [-0.05, 0) is 28.4 Å².